The molecule has 0 amide bonds. The highest BCUT2D eigenvalue weighted by atomic mass is 32.2. The van der Waals surface area contributed by atoms with Crippen LogP contribution in [0.4, 0.5) is 4.39 Å². The van der Waals surface area contributed by atoms with E-state index in [1.165, 1.54) is 12.1 Å². The summed E-state index contributed by atoms with van der Waals surface area (Å²) in [5.74, 6) is -0.430. The van der Waals surface area contributed by atoms with E-state index >= 15 is 0 Å². The van der Waals surface area contributed by atoms with Crippen molar-refractivity contribution in [3.05, 3.63) is 29.1 Å². The molecule has 5 nitrogen and oxygen atoms in total. The summed E-state index contributed by atoms with van der Waals surface area (Å²) >= 11 is 0. The van der Waals surface area contributed by atoms with Crippen molar-refractivity contribution in [2.45, 2.75) is 18.7 Å². The average molecular weight is 288 g/mol. The summed E-state index contributed by atoms with van der Waals surface area (Å²) in [6.07, 6.45) is 0. The van der Waals surface area contributed by atoms with Crippen LogP contribution in [-0.4, -0.2) is 39.7 Å². The molecular formula is C12H17FN2O3S. The molecule has 1 saturated heterocycles. The third-order valence-electron chi connectivity index (χ3n) is 2.95. The number of morpholine rings is 1. The van der Waals surface area contributed by atoms with E-state index in [-0.39, 0.29) is 4.90 Å². The van der Waals surface area contributed by atoms with E-state index in [0.29, 0.717) is 37.4 Å². The van der Waals surface area contributed by atoms with Gasteiger partial charge in [-0.25, -0.2) is 17.8 Å². The summed E-state index contributed by atoms with van der Waals surface area (Å²) in [6.45, 7) is 5.15. The number of hydrogen-bond donors (Lipinski definition) is 1. The molecule has 1 aliphatic rings. The molecule has 0 aliphatic carbocycles. The van der Waals surface area contributed by atoms with Crippen LogP contribution in [-0.2, 0) is 14.8 Å². The van der Waals surface area contributed by atoms with Crippen LogP contribution in [0.1, 0.15) is 11.1 Å². The molecule has 0 aromatic heterocycles. The average Bonchev–Trinajstić information content (AvgIpc) is 2.27. The molecule has 0 unspecified atom stereocenters. The molecule has 0 saturated carbocycles. The molecule has 1 aromatic rings. The van der Waals surface area contributed by atoms with Crippen molar-refractivity contribution in [2.24, 2.45) is 0 Å². The number of nitrogens with zero attached hydrogens (tertiary/aromatic N) is 1. The van der Waals surface area contributed by atoms with E-state index in [4.69, 9.17) is 4.74 Å². The topological polar surface area (TPSA) is 58.6 Å². The molecule has 1 aromatic carbocycles. The van der Waals surface area contributed by atoms with Crippen LogP contribution >= 0.6 is 0 Å². The van der Waals surface area contributed by atoms with E-state index < -0.39 is 15.8 Å². The zero-order valence-corrected chi connectivity index (χ0v) is 11.8. The quantitative estimate of drug-likeness (QED) is 0.900. The smallest absolute Gasteiger partial charge is 0.253 e. The lowest BCUT2D eigenvalue weighted by Crippen LogP contribution is -2.48. The van der Waals surface area contributed by atoms with Crippen LogP contribution in [0.5, 0.6) is 0 Å². The van der Waals surface area contributed by atoms with Crippen molar-refractivity contribution in [2.75, 3.05) is 26.3 Å². The van der Waals surface area contributed by atoms with Crippen LogP contribution in [0.2, 0.25) is 0 Å². The molecule has 0 radical (unpaired) electrons. The Morgan fingerprint density at radius 3 is 2.26 bits per heavy atom. The van der Waals surface area contributed by atoms with E-state index in [2.05, 4.69) is 4.83 Å². The lowest BCUT2D eigenvalue weighted by molar-refractivity contribution is 0.0272. The predicted octanol–water partition coefficient (Wildman–Crippen LogP) is 0.968. The molecule has 0 bridgehead atoms. The third kappa shape index (κ3) is 3.30. The Hall–Kier alpha value is -1.02. The summed E-state index contributed by atoms with van der Waals surface area (Å²) < 4.78 is 43.0. The fraction of sp³-hybridized carbons (Fsp3) is 0.500. The van der Waals surface area contributed by atoms with Crippen LogP contribution < -0.4 is 4.83 Å². The van der Waals surface area contributed by atoms with Gasteiger partial charge in [0.1, 0.15) is 5.82 Å². The summed E-state index contributed by atoms with van der Waals surface area (Å²) in [4.78, 5) is 2.65. The van der Waals surface area contributed by atoms with Gasteiger partial charge in [0.05, 0.1) is 18.1 Å². The number of aryl methyl sites for hydroxylation is 2. The van der Waals surface area contributed by atoms with Crippen LogP contribution in [0.25, 0.3) is 0 Å². The van der Waals surface area contributed by atoms with E-state index in [1.54, 1.807) is 18.9 Å². The van der Waals surface area contributed by atoms with Gasteiger partial charge in [-0.15, -0.1) is 4.83 Å². The predicted molar refractivity (Wildman–Crippen MR) is 68.6 cm³/mol. The fourth-order valence-corrected chi connectivity index (χ4v) is 3.77. The maximum absolute atomic E-state index is 13.2. The monoisotopic (exact) mass is 288 g/mol. The molecule has 2 rings (SSSR count). The van der Waals surface area contributed by atoms with Gasteiger partial charge < -0.3 is 4.74 Å². The summed E-state index contributed by atoms with van der Waals surface area (Å²) in [7, 11) is -3.68. The van der Waals surface area contributed by atoms with Gasteiger partial charge in [0.25, 0.3) is 10.0 Å². The first-order valence-corrected chi connectivity index (χ1v) is 7.50. The van der Waals surface area contributed by atoms with E-state index in [1.807, 2.05) is 0 Å². The third-order valence-corrected chi connectivity index (χ3v) is 4.63. The second-order valence-electron chi connectivity index (χ2n) is 4.56. The van der Waals surface area contributed by atoms with Gasteiger partial charge in [0, 0.05) is 13.1 Å². The largest absolute Gasteiger partial charge is 0.379 e. The standard InChI is InChI=1S/C12H17FN2O3S/c1-9-7-11(13)8-10(2)12(9)19(16,17)14-15-3-5-18-6-4-15/h7-8,14H,3-6H2,1-2H3. The minimum absolute atomic E-state index is 0.139. The van der Waals surface area contributed by atoms with Crippen molar-refractivity contribution in [1.82, 2.24) is 9.84 Å². The zero-order chi connectivity index (χ0) is 14.0. The van der Waals surface area contributed by atoms with Gasteiger partial charge >= 0.3 is 0 Å². The van der Waals surface area contributed by atoms with Crippen molar-refractivity contribution in [3.8, 4) is 0 Å². The number of nitrogens with one attached hydrogen (secondary N) is 1. The van der Waals surface area contributed by atoms with E-state index in [9.17, 15) is 12.8 Å². The summed E-state index contributed by atoms with van der Waals surface area (Å²) in [5.41, 5.74) is 0.802. The first-order valence-electron chi connectivity index (χ1n) is 6.02. The Balaban J connectivity index is 2.29. The van der Waals surface area contributed by atoms with Crippen LogP contribution in [0, 0.1) is 19.7 Å². The number of benzene rings is 1. The Morgan fingerprint density at radius 2 is 1.74 bits per heavy atom. The highest BCUT2D eigenvalue weighted by Crippen LogP contribution is 2.21. The number of ether oxygens (including phenoxy) is 1. The van der Waals surface area contributed by atoms with Gasteiger partial charge in [-0.3, -0.25) is 0 Å². The molecular weight excluding hydrogens is 271 g/mol. The zero-order valence-electron chi connectivity index (χ0n) is 10.9. The minimum atomic E-state index is -3.68. The molecule has 1 aliphatic heterocycles. The Labute approximate surface area is 112 Å². The van der Waals surface area contributed by atoms with Crippen LogP contribution in [0.3, 0.4) is 0 Å². The van der Waals surface area contributed by atoms with Gasteiger partial charge in [-0.2, -0.15) is 0 Å². The lowest BCUT2D eigenvalue weighted by atomic mass is 10.1. The Kier molecular flexibility index (Phi) is 4.19. The van der Waals surface area contributed by atoms with Crippen molar-refractivity contribution < 1.29 is 17.5 Å². The molecule has 106 valence electrons. The fourth-order valence-electron chi connectivity index (χ4n) is 2.19. The second kappa shape index (κ2) is 5.54. The van der Waals surface area contributed by atoms with Crippen molar-refractivity contribution in [3.63, 3.8) is 0 Å². The maximum atomic E-state index is 13.2. The molecule has 7 heteroatoms. The molecule has 1 fully saturated rings. The molecule has 0 atom stereocenters. The highest BCUT2D eigenvalue weighted by Gasteiger charge is 2.24. The highest BCUT2D eigenvalue weighted by molar-refractivity contribution is 7.89. The minimum Gasteiger partial charge on any atom is -0.379 e. The first kappa shape index (κ1) is 14.4. The second-order valence-corrected chi connectivity index (χ2v) is 6.16. The van der Waals surface area contributed by atoms with Gasteiger partial charge in [0.2, 0.25) is 0 Å². The van der Waals surface area contributed by atoms with E-state index in [0.717, 1.165) is 0 Å². The number of sulfonamides is 1. The number of hydrogen-bond acceptors (Lipinski definition) is 4. The maximum Gasteiger partial charge on any atom is 0.253 e. The summed E-state index contributed by atoms with van der Waals surface area (Å²) in [6, 6.07) is 2.45. The summed E-state index contributed by atoms with van der Waals surface area (Å²) in [5, 5.41) is 1.60. The van der Waals surface area contributed by atoms with Gasteiger partial charge in [-0.05, 0) is 37.1 Å². The Bertz CT molecular complexity index is 545. The number of halogens is 1. The normalized spacial score (nSPS) is 17.6. The number of rotatable bonds is 3. The SMILES string of the molecule is Cc1cc(F)cc(C)c1S(=O)(=O)NN1CCOCC1. The van der Waals surface area contributed by atoms with Gasteiger partial charge in [-0.1, -0.05) is 0 Å². The first-order chi connectivity index (χ1) is 8.90. The van der Waals surface area contributed by atoms with Crippen LogP contribution in [0.15, 0.2) is 17.0 Å². The Morgan fingerprint density at radius 1 is 1.21 bits per heavy atom. The molecule has 1 heterocycles. The van der Waals surface area contributed by atoms with Crippen molar-refractivity contribution >= 4 is 10.0 Å². The molecule has 0 spiro atoms. The molecule has 1 N–H and O–H groups in total. The number of hydrazine groups is 1. The van der Waals surface area contributed by atoms with Crippen molar-refractivity contribution in [1.29, 1.82) is 0 Å². The molecule has 19 heavy (non-hydrogen) atoms. The van der Waals surface area contributed by atoms with Gasteiger partial charge in [0.15, 0.2) is 0 Å². The lowest BCUT2D eigenvalue weighted by Gasteiger charge is -2.27.